The predicted molar refractivity (Wildman–Crippen MR) is 117 cm³/mol. The van der Waals surface area contributed by atoms with Crippen LogP contribution in [0.15, 0.2) is 47.8 Å². The molecule has 3 atom stereocenters. The van der Waals surface area contributed by atoms with Gasteiger partial charge in [0.15, 0.2) is 0 Å². The summed E-state index contributed by atoms with van der Waals surface area (Å²) in [5.41, 5.74) is 1.03. The molecule has 30 heavy (non-hydrogen) atoms. The van der Waals surface area contributed by atoms with Crippen LogP contribution in [-0.2, 0) is 20.8 Å². The van der Waals surface area contributed by atoms with Crippen LogP contribution in [0.25, 0.3) is 0 Å². The first-order valence-corrected chi connectivity index (χ1v) is 11.5. The molecule has 0 aliphatic carbocycles. The zero-order chi connectivity index (χ0) is 21.5. The van der Waals surface area contributed by atoms with Crippen LogP contribution in [0.5, 0.6) is 0 Å². The SMILES string of the molecule is O=C(O)CN1CC(c2cccs2)SCC(N[C@@H](CCc2ccccc2)C(=O)O)C1=O. The monoisotopic (exact) mass is 448 g/mol. The summed E-state index contributed by atoms with van der Waals surface area (Å²) >= 11 is 3.12. The van der Waals surface area contributed by atoms with Crippen molar-refractivity contribution in [2.45, 2.75) is 30.2 Å². The van der Waals surface area contributed by atoms with Crippen LogP contribution < -0.4 is 5.32 Å². The third kappa shape index (κ3) is 6.07. The van der Waals surface area contributed by atoms with E-state index >= 15 is 0 Å². The van der Waals surface area contributed by atoms with Crippen molar-refractivity contribution in [2.24, 2.45) is 0 Å². The van der Waals surface area contributed by atoms with Gasteiger partial charge in [-0.2, -0.15) is 0 Å². The van der Waals surface area contributed by atoms with Crippen LogP contribution in [0, 0.1) is 0 Å². The Labute approximate surface area is 183 Å². The van der Waals surface area contributed by atoms with Crippen molar-refractivity contribution >= 4 is 40.9 Å². The van der Waals surface area contributed by atoms with Gasteiger partial charge < -0.3 is 15.1 Å². The fourth-order valence-electron chi connectivity index (χ4n) is 3.40. The topological polar surface area (TPSA) is 107 Å². The molecule has 1 amide bonds. The standard InChI is InChI=1S/C21H24N2O5S2/c24-19(25)12-23-11-18(17-7-4-10-29-17)30-13-16(20(23)26)22-15(21(27)28)9-8-14-5-2-1-3-6-14/h1-7,10,15-16,18,22H,8-9,11-13H2,(H,24,25)(H,27,28)/t15-,16?,18?/m0/s1. The Morgan fingerprint density at radius 3 is 2.57 bits per heavy atom. The number of thioether (sulfide) groups is 1. The van der Waals surface area contributed by atoms with Crippen LogP contribution in [-0.4, -0.2) is 63.9 Å². The lowest BCUT2D eigenvalue weighted by atomic mass is 10.0. The second kappa shape index (κ2) is 10.6. The van der Waals surface area contributed by atoms with Crippen molar-refractivity contribution in [3.05, 3.63) is 58.3 Å². The Bertz CT molecular complexity index is 860. The fourth-order valence-corrected chi connectivity index (χ4v) is 5.66. The fraction of sp³-hybridized carbons (Fsp3) is 0.381. The number of thiophene rings is 1. The van der Waals surface area contributed by atoms with E-state index < -0.39 is 30.6 Å². The van der Waals surface area contributed by atoms with E-state index in [4.69, 9.17) is 0 Å². The Morgan fingerprint density at radius 1 is 1.17 bits per heavy atom. The van der Waals surface area contributed by atoms with Crippen molar-refractivity contribution in [3.63, 3.8) is 0 Å². The van der Waals surface area contributed by atoms with E-state index in [9.17, 15) is 24.6 Å². The second-order valence-electron chi connectivity index (χ2n) is 7.08. The average Bonchev–Trinajstić information content (AvgIpc) is 3.21. The number of carbonyl (C=O) groups excluding carboxylic acids is 1. The van der Waals surface area contributed by atoms with Gasteiger partial charge in [-0.15, -0.1) is 23.1 Å². The number of aryl methyl sites for hydroxylation is 1. The maximum atomic E-state index is 13.0. The first-order chi connectivity index (χ1) is 14.4. The summed E-state index contributed by atoms with van der Waals surface area (Å²) in [5.74, 6) is -2.09. The molecule has 3 rings (SSSR count). The molecule has 1 aliphatic rings. The number of carboxylic acid groups (broad SMARTS) is 2. The Morgan fingerprint density at radius 2 is 1.93 bits per heavy atom. The lowest BCUT2D eigenvalue weighted by Crippen LogP contribution is -2.53. The molecular weight excluding hydrogens is 424 g/mol. The van der Waals surface area contributed by atoms with Gasteiger partial charge in [0.25, 0.3) is 0 Å². The highest BCUT2D eigenvalue weighted by molar-refractivity contribution is 7.99. The summed E-state index contributed by atoms with van der Waals surface area (Å²) in [4.78, 5) is 38.5. The number of carbonyl (C=O) groups is 3. The second-order valence-corrected chi connectivity index (χ2v) is 9.30. The molecule has 9 heteroatoms. The van der Waals surface area contributed by atoms with E-state index in [1.165, 1.54) is 4.90 Å². The molecule has 0 spiro atoms. The quantitative estimate of drug-likeness (QED) is 0.541. The van der Waals surface area contributed by atoms with Gasteiger partial charge >= 0.3 is 11.9 Å². The molecule has 0 radical (unpaired) electrons. The van der Waals surface area contributed by atoms with Crippen molar-refractivity contribution in [1.29, 1.82) is 0 Å². The maximum Gasteiger partial charge on any atom is 0.323 e. The van der Waals surface area contributed by atoms with Gasteiger partial charge in [0, 0.05) is 17.2 Å². The van der Waals surface area contributed by atoms with Gasteiger partial charge in [0.2, 0.25) is 5.91 Å². The van der Waals surface area contributed by atoms with Crippen molar-refractivity contribution in [2.75, 3.05) is 18.8 Å². The molecule has 7 nitrogen and oxygen atoms in total. The predicted octanol–water partition coefficient (Wildman–Crippen LogP) is 2.49. The average molecular weight is 449 g/mol. The summed E-state index contributed by atoms with van der Waals surface area (Å²) in [6.07, 6.45) is 0.899. The Balaban J connectivity index is 1.72. The van der Waals surface area contributed by atoms with Crippen LogP contribution in [0.4, 0.5) is 0 Å². The number of rotatable bonds is 9. The summed E-state index contributed by atoms with van der Waals surface area (Å²) in [6.45, 7) is -0.114. The third-order valence-corrected chi connectivity index (χ3v) is 7.38. The van der Waals surface area contributed by atoms with Gasteiger partial charge in [-0.3, -0.25) is 19.7 Å². The molecule has 160 valence electrons. The summed E-state index contributed by atoms with van der Waals surface area (Å²) in [7, 11) is 0. The highest BCUT2D eigenvalue weighted by Gasteiger charge is 2.35. The van der Waals surface area contributed by atoms with Crippen LogP contribution >= 0.6 is 23.1 Å². The van der Waals surface area contributed by atoms with Crippen LogP contribution in [0.1, 0.15) is 22.1 Å². The Kier molecular flexibility index (Phi) is 7.89. The van der Waals surface area contributed by atoms with Crippen molar-refractivity contribution < 1.29 is 24.6 Å². The normalized spacial score (nSPS) is 20.5. The molecule has 2 heterocycles. The minimum atomic E-state index is -1.09. The zero-order valence-corrected chi connectivity index (χ0v) is 17.9. The zero-order valence-electron chi connectivity index (χ0n) is 16.3. The number of hydrogen-bond acceptors (Lipinski definition) is 6. The molecule has 1 aromatic carbocycles. The van der Waals surface area contributed by atoms with Gasteiger partial charge in [-0.05, 0) is 29.9 Å². The molecule has 0 saturated carbocycles. The summed E-state index contributed by atoms with van der Waals surface area (Å²) in [6, 6.07) is 11.8. The van der Waals surface area contributed by atoms with Crippen LogP contribution in [0.2, 0.25) is 0 Å². The van der Waals surface area contributed by atoms with Crippen molar-refractivity contribution in [3.8, 4) is 0 Å². The third-order valence-electron chi connectivity index (χ3n) is 4.91. The smallest absolute Gasteiger partial charge is 0.323 e. The maximum absolute atomic E-state index is 13.0. The highest BCUT2D eigenvalue weighted by Crippen LogP contribution is 2.35. The largest absolute Gasteiger partial charge is 0.480 e. The molecule has 1 aromatic heterocycles. The number of carboxylic acids is 2. The number of nitrogens with zero attached hydrogens (tertiary/aromatic N) is 1. The van der Waals surface area contributed by atoms with Gasteiger partial charge in [-0.1, -0.05) is 36.4 Å². The van der Waals surface area contributed by atoms with Crippen molar-refractivity contribution in [1.82, 2.24) is 10.2 Å². The first-order valence-electron chi connectivity index (χ1n) is 9.62. The van der Waals surface area contributed by atoms with E-state index in [2.05, 4.69) is 5.32 Å². The van der Waals surface area contributed by atoms with E-state index in [1.54, 1.807) is 23.1 Å². The highest BCUT2D eigenvalue weighted by atomic mass is 32.2. The van der Waals surface area contributed by atoms with E-state index in [0.29, 0.717) is 18.6 Å². The van der Waals surface area contributed by atoms with Crippen LogP contribution in [0.3, 0.4) is 0 Å². The lowest BCUT2D eigenvalue weighted by Gasteiger charge is -2.26. The number of amides is 1. The minimum Gasteiger partial charge on any atom is -0.480 e. The van der Waals surface area contributed by atoms with E-state index in [0.717, 1.165) is 10.4 Å². The van der Waals surface area contributed by atoms with Gasteiger partial charge in [-0.25, -0.2) is 0 Å². The number of aliphatic carboxylic acids is 2. The molecule has 0 bridgehead atoms. The molecule has 3 N–H and O–H groups in total. The van der Waals surface area contributed by atoms with E-state index in [1.807, 2.05) is 47.8 Å². The first kappa shape index (κ1) is 22.3. The summed E-state index contributed by atoms with van der Waals surface area (Å²) < 4.78 is 0. The molecule has 1 fully saturated rings. The molecule has 1 aliphatic heterocycles. The number of benzene rings is 1. The number of nitrogens with one attached hydrogen (secondary N) is 1. The summed E-state index contributed by atoms with van der Waals surface area (Å²) in [5, 5.41) is 23.8. The molecular formula is C21H24N2O5S2. The number of hydrogen-bond donors (Lipinski definition) is 3. The van der Waals surface area contributed by atoms with E-state index in [-0.39, 0.29) is 17.7 Å². The minimum absolute atomic E-state index is 0.0345. The molecule has 2 unspecified atom stereocenters. The molecule has 1 saturated heterocycles. The molecule has 2 aromatic rings. The van der Waals surface area contributed by atoms with Gasteiger partial charge in [0.1, 0.15) is 12.6 Å². The lowest BCUT2D eigenvalue weighted by molar-refractivity contribution is -0.146. The Hall–Kier alpha value is -2.36. The van der Waals surface area contributed by atoms with Gasteiger partial charge in [0.05, 0.1) is 11.3 Å².